The molecule has 0 unspecified atom stereocenters. The van der Waals surface area contributed by atoms with Gasteiger partial charge in [0.25, 0.3) is 0 Å². The summed E-state index contributed by atoms with van der Waals surface area (Å²) in [5, 5.41) is 4.56. The first kappa shape index (κ1) is 13.1. The molecule has 2 aliphatic heterocycles. The Morgan fingerprint density at radius 1 is 1.32 bits per heavy atom. The molecule has 0 aromatic carbocycles. The van der Waals surface area contributed by atoms with E-state index in [1.54, 1.807) is 0 Å². The number of hydrogen-bond acceptors (Lipinski definition) is 3. The summed E-state index contributed by atoms with van der Waals surface area (Å²) in [6, 6.07) is 3.74. The van der Waals surface area contributed by atoms with Gasteiger partial charge in [0.2, 0.25) is 0 Å². The van der Waals surface area contributed by atoms with Gasteiger partial charge in [-0.25, -0.2) is 0 Å². The van der Waals surface area contributed by atoms with Crippen molar-refractivity contribution in [1.82, 2.24) is 19.6 Å². The molecule has 106 valence electrons. The Bertz CT molecular complexity index is 408. The standard InChI is InChI=1S/C15H26N4/c1-3-18-9-7-14(16-18)10-17-11-15(12-17)19-8-5-4-6-13(19)2/h7,9,13,15H,3-6,8,10-12H2,1-2H3/t13-/m1/s1. The van der Waals surface area contributed by atoms with E-state index in [4.69, 9.17) is 0 Å². The first-order valence-electron chi connectivity index (χ1n) is 7.76. The van der Waals surface area contributed by atoms with E-state index in [-0.39, 0.29) is 0 Å². The summed E-state index contributed by atoms with van der Waals surface area (Å²) >= 11 is 0. The first-order chi connectivity index (χ1) is 9.26. The maximum atomic E-state index is 4.56. The maximum Gasteiger partial charge on any atom is 0.0764 e. The minimum atomic E-state index is 0.792. The molecular weight excluding hydrogens is 236 g/mol. The summed E-state index contributed by atoms with van der Waals surface area (Å²) in [5.41, 5.74) is 1.21. The van der Waals surface area contributed by atoms with Crippen LogP contribution in [0.25, 0.3) is 0 Å². The Morgan fingerprint density at radius 2 is 2.16 bits per heavy atom. The molecule has 2 aliphatic rings. The van der Waals surface area contributed by atoms with E-state index in [0.29, 0.717) is 0 Å². The highest BCUT2D eigenvalue weighted by Gasteiger charge is 2.35. The van der Waals surface area contributed by atoms with Crippen molar-refractivity contribution in [3.8, 4) is 0 Å². The number of aryl methyl sites for hydroxylation is 1. The van der Waals surface area contributed by atoms with E-state index < -0.39 is 0 Å². The molecule has 4 heteroatoms. The summed E-state index contributed by atoms with van der Waals surface area (Å²) in [7, 11) is 0. The van der Waals surface area contributed by atoms with Gasteiger partial charge in [-0.1, -0.05) is 6.42 Å². The van der Waals surface area contributed by atoms with Crippen LogP contribution in [0.3, 0.4) is 0 Å². The van der Waals surface area contributed by atoms with Crippen molar-refractivity contribution in [3.63, 3.8) is 0 Å². The van der Waals surface area contributed by atoms with Gasteiger partial charge in [-0.15, -0.1) is 0 Å². The van der Waals surface area contributed by atoms with E-state index in [2.05, 4.69) is 41.0 Å². The van der Waals surface area contributed by atoms with Crippen molar-refractivity contribution in [2.24, 2.45) is 0 Å². The van der Waals surface area contributed by atoms with Crippen LogP contribution in [0.5, 0.6) is 0 Å². The molecule has 0 saturated carbocycles. The number of nitrogens with zero attached hydrogens (tertiary/aromatic N) is 4. The molecule has 0 N–H and O–H groups in total. The van der Waals surface area contributed by atoms with Crippen LogP contribution in [-0.2, 0) is 13.1 Å². The molecule has 0 amide bonds. The van der Waals surface area contributed by atoms with Gasteiger partial charge in [0, 0.05) is 44.5 Å². The number of likely N-dealkylation sites (tertiary alicyclic amines) is 2. The summed E-state index contributed by atoms with van der Waals surface area (Å²) in [5.74, 6) is 0. The van der Waals surface area contributed by atoms with Crippen LogP contribution in [0.2, 0.25) is 0 Å². The molecule has 3 heterocycles. The van der Waals surface area contributed by atoms with Crippen LogP contribution >= 0.6 is 0 Å². The molecule has 1 atom stereocenters. The lowest BCUT2D eigenvalue weighted by atomic mass is 9.97. The van der Waals surface area contributed by atoms with Gasteiger partial charge in [-0.2, -0.15) is 5.10 Å². The van der Waals surface area contributed by atoms with Crippen molar-refractivity contribution in [3.05, 3.63) is 18.0 Å². The lowest BCUT2D eigenvalue weighted by molar-refractivity contribution is -0.00681. The molecule has 3 rings (SSSR count). The van der Waals surface area contributed by atoms with Gasteiger partial charge in [-0.3, -0.25) is 14.5 Å². The Kier molecular flexibility index (Phi) is 3.89. The number of piperidine rings is 1. The summed E-state index contributed by atoms with van der Waals surface area (Å²) in [6.45, 7) is 10.3. The fourth-order valence-corrected chi connectivity index (χ4v) is 3.44. The number of aromatic nitrogens is 2. The second kappa shape index (κ2) is 5.63. The molecule has 0 aliphatic carbocycles. The second-order valence-electron chi connectivity index (χ2n) is 6.09. The highest BCUT2D eigenvalue weighted by atomic mass is 15.3. The molecule has 2 fully saturated rings. The predicted octanol–water partition coefficient (Wildman–Crippen LogP) is 1.96. The van der Waals surface area contributed by atoms with Crippen molar-refractivity contribution >= 4 is 0 Å². The number of rotatable bonds is 4. The molecule has 2 saturated heterocycles. The SMILES string of the molecule is CCn1ccc(CN2CC(N3CCCC[C@H]3C)C2)n1. The zero-order valence-corrected chi connectivity index (χ0v) is 12.3. The number of hydrogen-bond donors (Lipinski definition) is 0. The quantitative estimate of drug-likeness (QED) is 0.829. The molecule has 0 spiro atoms. The van der Waals surface area contributed by atoms with E-state index >= 15 is 0 Å². The largest absolute Gasteiger partial charge is 0.295 e. The van der Waals surface area contributed by atoms with Crippen LogP contribution < -0.4 is 0 Å². The third-order valence-electron chi connectivity index (χ3n) is 4.67. The van der Waals surface area contributed by atoms with Crippen LogP contribution in [0.1, 0.15) is 38.8 Å². The van der Waals surface area contributed by atoms with Crippen molar-refractivity contribution in [1.29, 1.82) is 0 Å². The fraction of sp³-hybridized carbons (Fsp3) is 0.800. The van der Waals surface area contributed by atoms with Gasteiger partial charge in [-0.05, 0) is 39.3 Å². The van der Waals surface area contributed by atoms with Crippen molar-refractivity contribution < 1.29 is 0 Å². The highest BCUT2D eigenvalue weighted by molar-refractivity contribution is 5.02. The van der Waals surface area contributed by atoms with Crippen molar-refractivity contribution in [2.45, 2.75) is 58.3 Å². The van der Waals surface area contributed by atoms with Gasteiger partial charge < -0.3 is 0 Å². The van der Waals surface area contributed by atoms with Crippen LogP contribution in [0, 0.1) is 0 Å². The minimum Gasteiger partial charge on any atom is -0.295 e. The molecular formula is C15H26N4. The topological polar surface area (TPSA) is 24.3 Å². The molecule has 0 radical (unpaired) electrons. The lowest BCUT2D eigenvalue weighted by Crippen LogP contribution is -2.61. The van der Waals surface area contributed by atoms with Crippen molar-refractivity contribution in [2.75, 3.05) is 19.6 Å². The molecule has 19 heavy (non-hydrogen) atoms. The molecule has 1 aromatic rings. The maximum absolute atomic E-state index is 4.56. The Hall–Kier alpha value is -0.870. The zero-order chi connectivity index (χ0) is 13.2. The summed E-state index contributed by atoms with van der Waals surface area (Å²) in [6.07, 6.45) is 6.28. The molecule has 0 bridgehead atoms. The van der Waals surface area contributed by atoms with Gasteiger partial charge in [0.05, 0.1) is 5.69 Å². The van der Waals surface area contributed by atoms with Gasteiger partial charge in [0.1, 0.15) is 0 Å². The highest BCUT2D eigenvalue weighted by Crippen LogP contribution is 2.25. The average Bonchev–Trinajstić information content (AvgIpc) is 2.82. The monoisotopic (exact) mass is 262 g/mol. The lowest BCUT2D eigenvalue weighted by Gasteiger charge is -2.49. The predicted molar refractivity (Wildman–Crippen MR) is 77.0 cm³/mol. The van der Waals surface area contributed by atoms with Gasteiger partial charge in [0.15, 0.2) is 0 Å². The van der Waals surface area contributed by atoms with E-state index in [1.807, 2.05) is 4.68 Å². The third-order valence-corrected chi connectivity index (χ3v) is 4.67. The van der Waals surface area contributed by atoms with E-state index in [0.717, 1.165) is 25.2 Å². The summed E-state index contributed by atoms with van der Waals surface area (Å²) in [4.78, 5) is 5.25. The molecule has 1 aromatic heterocycles. The fourth-order valence-electron chi connectivity index (χ4n) is 3.44. The van der Waals surface area contributed by atoms with Crippen LogP contribution in [0.15, 0.2) is 12.3 Å². The second-order valence-corrected chi connectivity index (χ2v) is 6.09. The Labute approximate surface area is 116 Å². The van der Waals surface area contributed by atoms with E-state index in [1.165, 1.54) is 44.6 Å². The average molecular weight is 262 g/mol. The van der Waals surface area contributed by atoms with Crippen LogP contribution in [-0.4, -0.2) is 51.3 Å². The Balaban J connectivity index is 1.47. The Morgan fingerprint density at radius 3 is 2.84 bits per heavy atom. The third kappa shape index (κ3) is 2.84. The van der Waals surface area contributed by atoms with Gasteiger partial charge >= 0.3 is 0 Å². The molecule has 4 nitrogen and oxygen atoms in total. The van der Waals surface area contributed by atoms with E-state index in [9.17, 15) is 0 Å². The smallest absolute Gasteiger partial charge is 0.0764 e. The summed E-state index contributed by atoms with van der Waals surface area (Å²) < 4.78 is 2.01. The normalized spacial score (nSPS) is 26.5. The first-order valence-corrected chi connectivity index (χ1v) is 7.76. The van der Waals surface area contributed by atoms with Crippen LogP contribution in [0.4, 0.5) is 0 Å². The zero-order valence-electron chi connectivity index (χ0n) is 12.3. The minimum absolute atomic E-state index is 0.792.